The van der Waals surface area contributed by atoms with Gasteiger partial charge in [-0.3, -0.25) is 4.98 Å². The average Bonchev–Trinajstić information content (AvgIpc) is 2.28. The molecule has 0 atom stereocenters. The molecule has 0 aromatic carbocycles. The first-order valence-electron chi connectivity index (χ1n) is 6.18. The van der Waals surface area contributed by atoms with Crippen LogP contribution in [0.2, 0.25) is 0 Å². The fourth-order valence-electron chi connectivity index (χ4n) is 2.19. The lowest BCUT2D eigenvalue weighted by Crippen LogP contribution is -2.57. The third kappa shape index (κ3) is 3.09. The van der Waals surface area contributed by atoms with Gasteiger partial charge in [-0.2, -0.15) is 0 Å². The molecule has 2 rings (SSSR count). The summed E-state index contributed by atoms with van der Waals surface area (Å²) in [7, 11) is 0. The second kappa shape index (κ2) is 4.92. The molecule has 0 aliphatic carbocycles. The zero-order valence-electron chi connectivity index (χ0n) is 10.9. The fraction of sp³-hybridized carbons (Fsp3) is 0.615. The fourth-order valence-corrected chi connectivity index (χ4v) is 2.19. The highest BCUT2D eigenvalue weighted by Gasteiger charge is 2.25. The van der Waals surface area contributed by atoms with Gasteiger partial charge in [-0.05, 0) is 20.8 Å². The number of piperazine rings is 1. The lowest BCUT2D eigenvalue weighted by molar-refractivity contribution is 0.337. The zero-order chi connectivity index (χ0) is 12.3. The predicted molar refractivity (Wildman–Crippen MR) is 69.7 cm³/mol. The van der Waals surface area contributed by atoms with Crippen LogP contribution in [0.1, 0.15) is 20.8 Å². The number of ether oxygens (including phenoxy) is 1. The molecule has 1 aromatic rings. The molecule has 94 valence electrons. The largest absolute Gasteiger partial charge is 0.492 e. The first kappa shape index (κ1) is 12.2. The van der Waals surface area contributed by atoms with Gasteiger partial charge < -0.3 is 15.0 Å². The molecule has 2 heterocycles. The zero-order valence-corrected chi connectivity index (χ0v) is 10.9. The molecule has 0 radical (unpaired) electrons. The van der Waals surface area contributed by atoms with Crippen molar-refractivity contribution in [2.24, 2.45) is 0 Å². The number of nitrogens with one attached hydrogen (secondary N) is 1. The molecule has 1 aromatic heterocycles. The van der Waals surface area contributed by atoms with E-state index in [1.165, 1.54) is 0 Å². The van der Waals surface area contributed by atoms with E-state index in [1.807, 2.05) is 13.1 Å². The Morgan fingerprint density at radius 3 is 3.00 bits per heavy atom. The number of nitrogens with zero attached hydrogens (tertiary/aromatic N) is 2. The van der Waals surface area contributed by atoms with Crippen molar-refractivity contribution in [3.8, 4) is 5.75 Å². The Morgan fingerprint density at radius 1 is 1.47 bits per heavy atom. The van der Waals surface area contributed by atoms with Crippen molar-refractivity contribution in [2.75, 3.05) is 31.1 Å². The maximum atomic E-state index is 5.48. The minimum atomic E-state index is 0.153. The van der Waals surface area contributed by atoms with Crippen LogP contribution in [-0.4, -0.2) is 36.8 Å². The normalized spacial score (nSPS) is 19.1. The summed E-state index contributed by atoms with van der Waals surface area (Å²) < 4.78 is 5.48. The Kier molecular flexibility index (Phi) is 3.52. The maximum Gasteiger partial charge on any atom is 0.139 e. The molecule has 0 saturated carbocycles. The molecule has 4 nitrogen and oxygen atoms in total. The van der Waals surface area contributed by atoms with Gasteiger partial charge in [0.25, 0.3) is 0 Å². The van der Waals surface area contributed by atoms with Gasteiger partial charge in [-0.15, -0.1) is 0 Å². The molecule has 17 heavy (non-hydrogen) atoms. The summed E-state index contributed by atoms with van der Waals surface area (Å²) in [6.07, 6.45) is 3.67. The van der Waals surface area contributed by atoms with E-state index in [1.54, 1.807) is 6.20 Å². The number of hydrogen-bond donors (Lipinski definition) is 1. The minimum Gasteiger partial charge on any atom is -0.492 e. The maximum absolute atomic E-state index is 5.48. The SMILES string of the molecule is CCOc1cncc(N2CCNC(C)(C)C2)c1. The number of aromatic nitrogens is 1. The van der Waals surface area contributed by atoms with Gasteiger partial charge in [0.2, 0.25) is 0 Å². The van der Waals surface area contributed by atoms with Crippen LogP contribution in [0.5, 0.6) is 5.75 Å². The topological polar surface area (TPSA) is 37.4 Å². The van der Waals surface area contributed by atoms with Crippen LogP contribution >= 0.6 is 0 Å². The predicted octanol–water partition coefficient (Wildman–Crippen LogP) is 1.67. The van der Waals surface area contributed by atoms with E-state index in [4.69, 9.17) is 4.74 Å². The van der Waals surface area contributed by atoms with Crippen LogP contribution in [-0.2, 0) is 0 Å². The van der Waals surface area contributed by atoms with E-state index >= 15 is 0 Å². The molecular formula is C13H21N3O. The van der Waals surface area contributed by atoms with E-state index in [9.17, 15) is 0 Å². The van der Waals surface area contributed by atoms with Gasteiger partial charge in [0.1, 0.15) is 5.75 Å². The van der Waals surface area contributed by atoms with Crippen LogP contribution in [0, 0.1) is 0 Å². The van der Waals surface area contributed by atoms with Crippen LogP contribution < -0.4 is 15.0 Å². The average molecular weight is 235 g/mol. The van der Waals surface area contributed by atoms with Crippen molar-refractivity contribution >= 4 is 5.69 Å². The van der Waals surface area contributed by atoms with E-state index in [-0.39, 0.29) is 5.54 Å². The van der Waals surface area contributed by atoms with Crippen molar-refractivity contribution in [1.29, 1.82) is 0 Å². The Bertz CT molecular complexity index is 379. The molecule has 0 bridgehead atoms. The first-order valence-corrected chi connectivity index (χ1v) is 6.18. The summed E-state index contributed by atoms with van der Waals surface area (Å²) in [6, 6.07) is 2.07. The van der Waals surface area contributed by atoms with Crippen LogP contribution in [0.25, 0.3) is 0 Å². The standard InChI is InChI=1S/C13H21N3O/c1-4-17-12-7-11(8-14-9-12)16-6-5-15-13(2,3)10-16/h7-9,15H,4-6,10H2,1-3H3. The lowest BCUT2D eigenvalue weighted by atomic mass is 10.0. The smallest absolute Gasteiger partial charge is 0.139 e. The molecule has 1 N–H and O–H groups in total. The Morgan fingerprint density at radius 2 is 2.29 bits per heavy atom. The van der Waals surface area contributed by atoms with E-state index < -0.39 is 0 Å². The van der Waals surface area contributed by atoms with Crippen molar-refractivity contribution in [3.05, 3.63) is 18.5 Å². The highest BCUT2D eigenvalue weighted by atomic mass is 16.5. The van der Waals surface area contributed by atoms with Gasteiger partial charge >= 0.3 is 0 Å². The van der Waals surface area contributed by atoms with E-state index in [0.717, 1.165) is 31.1 Å². The molecule has 1 aliphatic heterocycles. The Balaban J connectivity index is 2.13. The van der Waals surface area contributed by atoms with Crippen molar-refractivity contribution < 1.29 is 4.74 Å². The van der Waals surface area contributed by atoms with Crippen LogP contribution in [0.3, 0.4) is 0 Å². The third-order valence-electron chi connectivity index (χ3n) is 2.95. The summed E-state index contributed by atoms with van der Waals surface area (Å²) in [5, 5.41) is 3.50. The molecule has 0 amide bonds. The molecule has 0 spiro atoms. The van der Waals surface area contributed by atoms with Crippen molar-refractivity contribution in [1.82, 2.24) is 10.3 Å². The summed E-state index contributed by atoms with van der Waals surface area (Å²) in [6.45, 7) is 10.1. The molecule has 1 saturated heterocycles. The first-order chi connectivity index (χ1) is 8.11. The van der Waals surface area contributed by atoms with Crippen molar-refractivity contribution in [2.45, 2.75) is 26.3 Å². The quantitative estimate of drug-likeness (QED) is 0.864. The van der Waals surface area contributed by atoms with Gasteiger partial charge in [0.15, 0.2) is 0 Å². The van der Waals surface area contributed by atoms with Gasteiger partial charge in [0.05, 0.1) is 24.7 Å². The summed E-state index contributed by atoms with van der Waals surface area (Å²) in [5.74, 6) is 0.848. The van der Waals surface area contributed by atoms with Crippen molar-refractivity contribution in [3.63, 3.8) is 0 Å². The molecule has 1 fully saturated rings. The Labute approximate surface area is 103 Å². The number of pyridine rings is 1. The van der Waals surface area contributed by atoms with Crippen LogP contribution in [0.15, 0.2) is 18.5 Å². The van der Waals surface area contributed by atoms with Gasteiger partial charge in [-0.25, -0.2) is 0 Å². The van der Waals surface area contributed by atoms with Crippen LogP contribution in [0.4, 0.5) is 5.69 Å². The monoisotopic (exact) mass is 235 g/mol. The molecule has 4 heteroatoms. The van der Waals surface area contributed by atoms with Gasteiger partial charge in [0, 0.05) is 31.2 Å². The number of rotatable bonds is 3. The molecular weight excluding hydrogens is 214 g/mol. The van der Waals surface area contributed by atoms with E-state index in [0.29, 0.717) is 6.61 Å². The lowest BCUT2D eigenvalue weighted by Gasteiger charge is -2.40. The second-order valence-electron chi connectivity index (χ2n) is 5.04. The minimum absolute atomic E-state index is 0.153. The third-order valence-corrected chi connectivity index (χ3v) is 2.95. The molecule has 1 aliphatic rings. The van der Waals surface area contributed by atoms with Gasteiger partial charge in [-0.1, -0.05) is 0 Å². The summed E-state index contributed by atoms with van der Waals surface area (Å²) >= 11 is 0. The second-order valence-corrected chi connectivity index (χ2v) is 5.04. The highest BCUT2D eigenvalue weighted by molar-refractivity contribution is 5.49. The number of anilines is 1. The molecule has 0 unspecified atom stereocenters. The summed E-state index contributed by atoms with van der Waals surface area (Å²) in [5.41, 5.74) is 1.30. The Hall–Kier alpha value is -1.29. The number of hydrogen-bond acceptors (Lipinski definition) is 4. The van der Waals surface area contributed by atoms with E-state index in [2.05, 4.69) is 35.1 Å². The summed E-state index contributed by atoms with van der Waals surface area (Å²) in [4.78, 5) is 6.59. The highest BCUT2D eigenvalue weighted by Crippen LogP contribution is 2.22.